The summed E-state index contributed by atoms with van der Waals surface area (Å²) in [6.07, 6.45) is 1.66. The van der Waals surface area contributed by atoms with Gasteiger partial charge >= 0.3 is 5.97 Å². The summed E-state index contributed by atoms with van der Waals surface area (Å²) in [5.41, 5.74) is 0. The summed E-state index contributed by atoms with van der Waals surface area (Å²) >= 11 is 9.00. The summed E-state index contributed by atoms with van der Waals surface area (Å²) in [5.74, 6) is 0.930. The lowest BCUT2D eigenvalue weighted by Crippen LogP contribution is -2.43. The molecule has 0 aliphatic carbocycles. The number of esters is 1. The number of rotatable bonds is 5. The van der Waals surface area contributed by atoms with Gasteiger partial charge in [-0.15, -0.1) is 23.1 Å². The molecule has 0 saturated carbocycles. The molecule has 2 rings (SSSR count). The molecule has 0 aromatic carbocycles. The van der Waals surface area contributed by atoms with E-state index in [4.69, 9.17) is 16.3 Å². The van der Waals surface area contributed by atoms with Crippen molar-refractivity contribution >= 4 is 46.6 Å². The number of hydrogen-bond donors (Lipinski definition) is 0. The lowest BCUT2D eigenvalue weighted by Gasteiger charge is -2.31. The summed E-state index contributed by atoms with van der Waals surface area (Å²) in [6, 6.07) is 3.86. The first kappa shape index (κ1) is 16.6. The van der Waals surface area contributed by atoms with E-state index in [9.17, 15) is 9.59 Å². The molecule has 1 aromatic rings. The number of nitrogens with zero attached hydrogens (tertiary/aromatic N) is 1. The molecular formula is C14H18ClNO3S2. The molecule has 1 fully saturated rings. The van der Waals surface area contributed by atoms with E-state index >= 15 is 0 Å². The van der Waals surface area contributed by atoms with Crippen molar-refractivity contribution in [1.82, 2.24) is 4.90 Å². The van der Waals surface area contributed by atoms with Gasteiger partial charge in [0.2, 0.25) is 5.91 Å². The highest BCUT2D eigenvalue weighted by atomic mass is 35.5. The number of methoxy groups -OCH3 is 1. The molecule has 4 nitrogen and oxygen atoms in total. The van der Waals surface area contributed by atoms with Gasteiger partial charge < -0.3 is 9.64 Å². The quantitative estimate of drug-likeness (QED) is 0.768. The molecule has 1 aromatic heterocycles. The molecule has 1 aliphatic rings. The average Bonchev–Trinajstić information content (AvgIpc) is 2.92. The first-order chi connectivity index (χ1) is 10.1. The number of amides is 1. The second kappa shape index (κ2) is 8.06. The van der Waals surface area contributed by atoms with E-state index in [2.05, 4.69) is 0 Å². The third kappa shape index (κ3) is 4.90. The number of hydrogen-bond acceptors (Lipinski definition) is 5. The van der Waals surface area contributed by atoms with Crippen LogP contribution in [0.15, 0.2) is 12.1 Å². The fourth-order valence-electron chi connectivity index (χ4n) is 2.32. The smallest absolute Gasteiger partial charge is 0.310 e. The van der Waals surface area contributed by atoms with Crippen molar-refractivity contribution in [1.29, 1.82) is 0 Å². The van der Waals surface area contributed by atoms with Gasteiger partial charge in [0.25, 0.3) is 0 Å². The van der Waals surface area contributed by atoms with E-state index in [1.165, 1.54) is 12.0 Å². The van der Waals surface area contributed by atoms with Crippen molar-refractivity contribution in [2.45, 2.75) is 18.6 Å². The van der Waals surface area contributed by atoms with Gasteiger partial charge in [0.1, 0.15) is 0 Å². The third-order valence-corrected chi connectivity index (χ3v) is 5.79. The second-order valence-electron chi connectivity index (χ2n) is 4.90. The predicted octanol–water partition coefficient (Wildman–Crippen LogP) is 3.05. The molecule has 1 saturated heterocycles. The largest absolute Gasteiger partial charge is 0.469 e. The van der Waals surface area contributed by atoms with Gasteiger partial charge in [-0.25, -0.2) is 0 Å². The maximum atomic E-state index is 12.2. The van der Waals surface area contributed by atoms with Crippen molar-refractivity contribution in [2.24, 2.45) is 5.92 Å². The van der Waals surface area contributed by atoms with Crippen LogP contribution in [-0.2, 0) is 20.1 Å². The molecule has 2 heterocycles. The summed E-state index contributed by atoms with van der Waals surface area (Å²) in [7, 11) is 1.39. The van der Waals surface area contributed by atoms with Crippen LogP contribution in [0.1, 0.15) is 17.7 Å². The van der Waals surface area contributed by atoms with Crippen LogP contribution in [-0.4, -0.2) is 42.7 Å². The highest BCUT2D eigenvalue weighted by molar-refractivity contribution is 7.99. The molecule has 116 valence electrons. The summed E-state index contributed by atoms with van der Waals surface area (Å²) in [6.45, 7) is 1.22. The Morgan fingerprint density at radius 3 is 3.00 bits per heavy atom. The average molecular weight is 348 g/mol. The van der Waals surface area contributed by atoms with Gasteiger partial charge in [0.05, 0.1) is 23.1 Å². The molecule has 1 aliphatic heterocycles. The minimum absolute atomic E-state index is 0.0938. The number of halogens is 1. The molecule has 1 atom stereocenters. The van der Waals surface area contributed by atoms with Crippen LogP contribution in [0.4, 0.5) is 0 Å². The Bertz CT molecular complexity index is 506. The topological polar surface area (TPSA) is 46.6 Å². The Morgan fingerprint density at radius 1 is 1.52 bits per heavy atom. The van der Waals surface area contributed by atoms with E-state index in [-0.39, 0.29) is 17.8 Å². The Balaban J connectivity index is 1.76. The van der Waals surface area contributed by atoms with E-state index < -0.39 is 0 Å². The minimum atomic E-state index is -0.214. The van der Waals surface area contributed by atoms with Crippen LogP contribution in [0.3, 0.4) is 0 Å². The molecular weight excluding hydrogens is 330 g/mol. The zero-order valence-electron chi connectivity index (χ0n) is 11.8. The Kier molecular flexibility index (Phi) is 6.39. The first-order valence-electron chi connectivity index (χ1n) is 6.77. The van der Waals surface area contributed by atoms with Crippen LogP contribution in [0, 0.1) is 5.92 Å². The number of carbonyl (C=O) groups excluding carboxylic acids is 2. The number of thioether (sulfide) groups is 1. The van der Waals surface area contributed by atoms with E-state index in [0.717, 1.165) is 29.5 Å². The fourth-order valence-corrected chi connectivity index (χ4v) is 4.45. The van der Waals surface area contributed by atoms with Crippen LogP contribution in [0.2, 0.25) is 4.34 Å². The highest BCUT2D eigenvalue weighted by Gasteiger charge is 2.28. The second-order valence-corrected chi connectivity index (χ2v) is 7.69. The summed E-state index contributed by atoms with van der Waals surface area (Å²) < 4.78 is 5.54. The normalized spacial score (nSPS) is 18.6. The van der Waals surface area contributed by atoms with Crippen LogP contribution < -0.4 is 0 Å². The molecule has 0 spiro atoms. The third-order valence-electron chi connectivity index (χ3n) is 3.41. The molecule has 0 bridgehead atoms. The molecule has 7 heteroatoms. The Morgan fingerprint density at radius 2 is 2.33 bits per heavy atom. The summed E-state index contributed by atoms with van der Waals surface area (Å²) in [4.78, 5) is 26.7. The Labute approximate surface area is 137 Å². The molecule has 0 N–H and O–H groups in total. The van der Waals surface area contributed by atoms with Crippen LogP contribution in [0.5, 0.6) is 0 Å². The number of piperidine rings is 1. The first-order valence-corrected chi connectivity index (χ1v) is 9.12. The number of thiophene rings is 1. The maximum absolute atomic E-state index is 12.2. The van der Waals surface area contributed by atoms with Gasteiger partial charge in [0.15, 0.2) is 0 Å². The van der Waals surface area contributed by atoms with Crippen molar-refractivity contribution in [2.75, 3.05) is 26.0 Å². The van der Waals surface area contributed by atoms with Gasteiger partial charge in [-0.05, 0) is 25.0 Å². The van der Waals surface area contributed by atoms with Gasteiger partial charge in [-0.2, -0.15) is 0 Å². The van der Waals surface area contributed by atoms with Crippen LogP contribution >= 0.6 is 34.7 Å². The van der Waals surface area contributed by atoms with Crippen LogP contribution in [0.25, 0.3) is 0 Å². The number of likely N-dealkylation sites (tertiary alicyclic amines) is 1. The van der Waals surface area contributed by atoms with E-state index in [1.807, 2.05) is 12.1 Å². The van der Waals surface area contributed by atoms with Crippen molar-refractivity contribution in [3.63, 3.8) is 0 Å². The van der Waals surface area contributed by atoms with E-state index in [0.29, 0.717) is 12.3 Å². The SMILES string of the molecule is COC(=O)C1CCCN(C(=O)CSCc2ccc(Cl)s2)C1. The molecule has 1 unspecified atom stereocenters. The zero-order chi connectivity index (χ0) is 15.2. The van der Waals surface area contributed by atoms with Crippen molar-refractivity contribution < 1.29 is 14.3 Å². The van der Waals surface area contributed by atoms with Gasteiger partial charge in [-0.3, -0.25) is 9.59 Å². The monoisotopic (exact) mass is 347 g/mol. The predicted molar refractivity (Wildman–Crippen MR) is 86.8 cm³/mol. The molecule has 0 radical (unpaired) electrons. The van der Waals surface area contributed by atoms with Crippen molar-refractivity contribution in [3.05, 3.63) is 21.3 Å². The summed E-state index contributed by atoms with van der Waals surface area (Å²) in [5, 5.41) is 0. The maximum Gasteiger partial charge on any atom is 0.310 e. The molecule has 21 heavy (non-hydrogen) atoms. The minimum Gasteiger partial charge on any atom is -0.469 e. The van der Waals surface area contributed by atoms with Crippen molar-refractivity contribution in [3.8, 4) is 0 Å². The van der Waals surface area contributed by atoms with E-state index in [1.54, 1.807) is 28.0 Å². The standard InChI is InChI=1S/C14H18ClNO3S2/c1-19-14(18)10-3-2-6-16(7-10)13(17)9-20-8-11-4-5-12(15)21-11/h4-5,10H,2-3,6-9H2,1H3. The lowest BCUT2D eigenvalue weighted by molar-refractivity contribution is -0.148. The van der Waals surface area contributed by atoms with Gasteiger partial charge in [0, 0.05) is 23.7 Å². The number of ether oxygens (including phenoxy) is 1. The fraction of sp³-hybridized carbons (Fsp3) is 0.571. The number of carbonyl (C=O) groups is 2. The lowest BCUT2D eigenvalue weighted by atomic mass is 9.98. The Hall–Kier alpha value is -0.720. The zero-order valence-corrected chi connectivity index (χ0v) is 14.2. The molecule has 1 amide bonds. The van der Waals surface area contributed by atoms with Gasteiger partial charge in [-0.1, -0.05) is 11.6 Å². The highest BCUT2D eigenvalue weighted by Crippen LogP contribution is 2.25.